The van der Waals surface area contributed by atoms with Crippen LogP contribution in [-0.4, -0.2) is 16.1 Å². The second-order valence-electron chi connectivity index (χ2n) is 4.62. The van der Waals surface area contributed by atoms with Gasteiger partial charge in [-0.25, -0.2) is 0 Å². The predicted octanol–water partition coefficient (Wildman–Crippen LogP) is 1.85. The van der Waals surface area contributed by atoms with Crippen LogP contribution in [0.2, 0.25) is 0 Å². The molecule has 21 heavy (non-hydrogen) atoms. The van der Waals surface area contributed by atoms with E-state index >= 15 is 0 Å². The summed E-state index contributed by atoms with van der Waals surface area (Å²) in [5.74, 6) is -0.481. The van der Waals surface area contributed by atoms with Gasteiger partial charge in [0.05, 0.1) is 5.52 Å². The fraction of sp³-hybridized carbons (Fsp3) is 0.0625. The molecule has 1 heterocycles. The third-order valence-electron chi connectivity index (χ3n) is 3.19. The highest BCUT2D eigenvalue weighted by atomic mass is 16.2. The van der Waals surface area contributed by atoms with E-state index in [4.69, 9.17) is 0 Å². The Kier molecular flexibility index (Phi) is 3.47. The minimum atomic E-state index is -0.481. The lowest BCUT2D eigenvalue weighted by Crippen LogP contribution is -2.30. The number of para-hydroxylation sites is 1. The number of hydrogen-bond donors (Lipinski definition) is 2. The highest BCUT2D eigenvalue weighted by Gasteiger charge is 2.14. The molecule has 3 aromatic rings. The first kappa shape index (κ1) is 13.1. The molecule has 0 aliphatic heterocycles. The number of H-pyrrole nitrogens is 1. The van der Waals surface area contributed by atoms with Gasteiger partial charge in [0.2, 0.25) is 5.43 Å². The normalized spacial score (nSPS) is 10.5. The molecule has 0 saturated carbocycles. The summed E-state index contributed by atoms with van der Waals surface area (Å²) >= 11 is 0. The minimum absolute atomic E-state index is 0.121. The van der Waals surface area contributed by atoms with Gasteiger partial charge in [0.1, 0.15) is 0 Å². The average Bonchev–Trinajstić information content (AvgIpc) is 2.54. The molecule has 1 aromatic heterocycles. The van der Waals surface area contributed by atoms with E-state index in [9.17, 15) is 9.59 Å². The molecule has 0 atom stereocenters. The molecule has 0 aliphatic rings. The van der Waals surface area contributed by atoms with E-state index in [1.807, 2.05) is 30.3 Å². The third-order valence-corrected chi connectivity index (χ3v) is 3.19. The smallest absolute Gasteiger partial charge is 0.276 e. The average molecular weight is 279 g/mol. The van der Waals surface area contributed by atoms with E-state index in [1.54, 1.807) is 24.3 Å². The van der Waals surface area contributed by atoms with Crippen LogP contribution in [0.15, 0.2) is 59.4 Å². The quantitative estimate of drug-likeness (QED) is 0.768. The zero-order valence-corrected chi connectivity index (χ0v) is 11.2. The molecule has 2 aromatic carbocycles. The lowest BCUT2D eigenvalue weighted by molar-refractivity contribution is 0.0944. The van der Waals surface area contributed by atoms with Gasteiger partial charge in [0.15, 0.2) is 5.69 Å². The Hall–Kier alpha value is -2.95. The molecule has 1 amide bonds. The maximum Gasteiger partial charge on any atom is 0.276 e. The predicted molar refractivity (Wildman–Crippen MR) is 80.0 cm³/mol. The molecule has 0 fully saturated rings. The Morgan fingerprint density at radius 1 is 1.05 bits per heavy atom. The number of carbonyl (C=O) groups excluding carboxylic acids is 1. The van der Waals surface area contributed by atoms with Crippen LogP contribution in [0.4, 0.5) is 0 Å². The fourth-order valence-corrected chi connectivity index (χ4v) is 2.09. The summed E-state index contributed by atoms with van der Waals surface area (Å²) in [5, 5.41) is 9.75. The second kappa shape index (κ2) is 5.58. The summed E-state index contributed by atoms with van der Waals surface area (Å²) in [7, 11) is 0. The summed E-state index contributed by atoms with van der Waals surface area (Å²) in [5.41, 5.74) is 1.09. The van der Waals surface area contributed by atoms with Crippen LogP contribution in [0.25, 0.3) is 10.9 Å². The lowest BCUT2D eigenvalue weighted by atomic mass is 10.2. The molecule has 104 valence electrons. The number of carbonyl (C=O) groups is 1. The van der Waals surface area contributed by atoms with Crippen LogP contribution in [0.3, 0.4) is 0 Å². The first-order valence-electron chi connectivity index (χ1n) is 6.55. The van der Waals surface area contributed by atoms with Crippen molar-refractivity contribution in [3.05, 3.63) is 76.1 Å². The maximum atomic E-state index is 12.2. The first-order valence-corrected chi connectivity index (χ1v) is 6.55. The molecule has 0 spiro atoms. The number of hydrogen-bond acceptors (Lipinski definition) is 3. The molecule has 0 bridgehead atoms. The molecule has 3 rings (SSSR count). The number of nitrogens with one attached hydrogen (secondary N) is 2. The van der Waals surface area contributed by atoms with Crippen molar-refractivity contribution in [1.29, 1.82) is 0 Å². The number of nitrogens with zero attached hydrogens (tertiary/aromatic N) is 1. The Morgan fingerprint density at radius 2 is 1.76 bits per heavy atom. The van der Waals surface area contributed by atoms with Crippen LogP contribution in [0.1, 0.15) is 16.1 Å². The number of fused-ring (bicyclic) bond motifs is 1. The first-order chi connectivity index (χ1) is 10.3. The van der Waals surface area contributed by atoms with Gasteiger partial charge in [0, 0.05) is 11.9 Å². The Bertz CT molecular complexity index is 841. The highest BCUT2D eigenvalue weighted by molar-refractivity contribution is 5.95. The minimum Gasteiger partial charge on any atom is -0.346 e. The molecule has 5 heteroatoms. The summed E-state index contributed by atoms with van der Waals surface area (Å²) < 4.78 is 0. The molecule has 0 aliphatic carbocycles. The van der Waals surface area contributed by atoms with Crippen molar-refractivity contribution in [2.24, 2.45) is 0 Å². The second-order valence-corrected chi connectivity index (χ2v) is 4.62. The Balaban J connectivity index is 1.85. The Labute approximate surface area is 120 Å². The zero-order valence-electron chi connectivity index (χ0n) is 11.2. The van der Waals surface area contributed by atoms with Crippen LogP contribution in [0.5, 0.6) is 0 Å². The SMILES string of the molecule is O=C(NCc1ccccc1)c1n[nH]c2ccccc2c1=O. The van der Waals surface area contributed by atoms with Gasteiger partial charge in [-0.3, -0.25) is 14.7 Å². The summed E-state index contributed by atoms with van der Waals surface area (Å²) in [4.78, 5) is 24.3. The van der Waals surface area contributed by atoms with Gasteiger partial charge in [-0.2, -0.15) is 5.10 Å². The summed E-state index contributed by atoms with van der Waals surface area (Å²) in [6.45, 7) is 0.355. The molecule has 0 radical (unpaired) electrons. The molecular weight excluding hydrogens is 266 g/mol. The number of benzene rings is 2. The van der Waals surface area contributed by atoms with E-state index in [1.165, 1.54) is 0 Å². The van der Waals surface area contributed by atoms with E-state index in [0.717, 1.165) is 5.56 Å². The fourth-order valence-electron chi connectivity index (χ4n) is 2.09. The van der Waals surface area contributed by atoms with Crippen molar-refractivity contribution in [2.75, 3.05) is 0 Å². The number of rotatable bonds is 3. The van der Waals surface area contributed by atoms with Gasteiger partial charge in [-0.05, 0) is 17.7 Å². The van der Waals surface area contributed by atoms with Crippen LogP contribution in [-0.2, 0) is 6.54 Å². The van der Waals surface area contributed by atoms with Crippen LogP contribution >= 0.6 is 0 Å². The van der Waals surface area contributed by atoms with Crippen molar-refractivity contribution in [3.8, 4) is 0 Å². The van der Waals surface area contributed by atoms with Gasteiger partial charge in [-0.1, -0.05) is 42.5 Å². The molecule has 0 saturated heterocycles. The van der Waals surface area contributed by atoms with E-state index in [-0.39, 0.29) is 11.1 Å². The van der Waals surface area contributed by atoms with E-state index < -0.39 is 5.91 Å². The standard InChI is InChI=1S/C16H13N3O2/c20-15-12-8-4-5-9-13(12)18-19-14(15)16(21)17-10-11-6-2-1-3-7-11/h1-9H,10H2,(H,17,21)(H,18,20). The Morgan fingerprint density at radius 3 is 2.57 bits per heavy atom. The third kappa shape index (κ3) is 2.67. The highest BCUT2D eigenvalue weighted by Crippen LogP contribution is 2.05. The van der Waals surface area contributed by atoms with Gasteiger partial charge >= 0.3 is 0 Å². The van der Waals surface area contributed by atoms with Crippen molar-refractivity contribution < 1.29 is 4.79 Å². The molecule has 0 unspecified atom stereocenters. The number of amides is 1. The number of aromatic nitrogens is 2. The van der Waals surface area contributed by atoms with Crippen molar-refractivity contribution in [1.82, 2.24) is 15.5 Å². The topological polar surface area (TPSA) is 74.8 Å². The van der Waals surface area contributed by atoms with E-state index in [2.05, 4.69) is 15.5 Å². The maximum absolute atomic E-state index is 12.2. The van der Waals surface area contributed by atoms with E-state index in [0.29, 0.717) is 17.4 Å². The molecular formula is C16H13N3O2. The van der Waals surface area contributed by atoms with Crippen LogP contribution in [0, 0.1) is 0 Å². The van der Waals surface area contributed by atoms with Crippen LogP contribution < -0.4 is 10.7 Å². The zero-order chi connectivity index (χ0) is 14.7. The number of aromatic amines is 1. The van der Waals surface area contributed by atoms with Crippen molar-refractivity contribution >= 4 is 16.8 Å². The largest absolute Gasteiger partial charge is 0.346 e. The van der Waals surface area contributed by atoms with Gasteiger partial charge < -0.3 is 5.32 Å². The lowest BCUT2D eigenvalue weighted by Gasteiger charge is -2.05. The van der Waals surface area contributed by atoms with Gasteiger partial charge in [-0.15, -0.1) is 0 Å². The van der Waals surface area contributed by atoms with Crippen molar-refractivity contribution in [2.45, 2.75) is 6.54 Å². The monoisotopic (exact) mass is 279 g/mol. The van der Waals surface area contributed by atoms with Gasteiger partial charge in [0.25, 0.3) is 5.91 Å². The summed E-state index contributed by atoms with van der Waals surface area (Å²) in [6.07, 6.45) is 0. The summed E-state index contributed by atoms with van der Waals surface area (Å²) in [6, 6.07) is 16.5. The molecule has 5 nitrogen and oxygen atoms in total. The van der Waals surface area contributed by atoms with Crippen molar-refractivity contribution in [3.63, 3.8) is 0 Å². The molecule has 2 N–H and O–H groups in total.